The number of rotatable bonds is 6. The number of carbonyl (C=O) groups excluding carboxylic acids is 2. The molecular weight excluding hydrogens is 460 g/mol. The second-order valence-corrected chi connectivity index (χ2v) is 10.1. The Morgan fingerprint density at radius 1 is 1.19 bits per heavy atom. The molecule has 164 valence electrons. The summed E-state index contributed by atoms with van der Waals surface area (Å²) in [5.74, 6) is 1.00. The first kappa shape index (κ1) is 21.6. The van der Waals surface area contributed by atoms with Crippen molar-refractivity contribution in [2.45, 2.75) is 37.0 Å². The Balaban J connectivity index is 1.46. The van der Waals surface area contributed by atoms with Crippen molar-refractivity contribution >= 4 is 70.8 Å². The smallest absolute Gasteiger partial charge is 0.294 e. The van der Waals surface area contributed by atoms with Crippen molar-refractivity contribution < 1.29 is 14.3 Å². The maximum absolute atomic E-state index is 12.7. The van der Waals surface area contributed by atoms with E-state index in [9.17, 15) is 9.59 Å². The van der Waals surface area contributed by atoms with E-state index in [0.717, 1.165) is 11.3 Å². The van der Waals surface area contributed by atoms with Crippen molar-refractivity contribution in [2.24, 2.45) is 0 Å². The highest BCUT2D eigenvalue weighted by atomic mass is 32.2. The van der Waals surface area contributed by atoms with E-state index < -0.39 is 0 Å². The van der Waals surface area contributed by atoms with Crippen LogP contribution in [0.15, 0.2) is 47.4 Å². The maximum Gasteiger partial charge on any atom is 0.294 e. The van der Waals surface area contributed by atoms with Crippen molar-refractivity contribution in [1.82, 2.24) is 4.90 Å². The van der Waals surface area contributed by atoms with E-state index >= 15 is 0 Å². The first-order valence-corrected chi connectivity index (χ1v) is 12.4. The monoisotopic (exact) mass is 482 g/mol. The number of anilines is 2. The number of hydrogen-bond acceptors (Lipinski definition) is 7. The minimum Gasteiger partial charge on any atom is -0.446 e. The molecule has 1 aliphatic carbocycles. The summed E-state index contributed by atoms with van der Waals surface area (Å²) in [4.78, 5) is 27.5. The van der Waals surface area contributed by atoms with E-state index in [1.165, 1.54) is 58.4 Å². The van der Waals surface area contributed by atoms with Gasteiger partial charge in [-0.25, -0.2) is 0 Å². The van der Waals surface area contributed by atoms with Crippen LogP contribution in [0, 0.1) is 0 Å². The molecule has 2 heterocycles. The lowest BCUT2D eigenvalue weighted by Gasteiger charge is -2.27. The van der Waals surface area contributed by atoms with Crippen molar-refractivity contribution in [2.75, 3.05) is 11.6 Å². The number of amides is 1. The van der Waals surface area contributed by atoms with Crippen LogP contribution in [0.4, 0.5) is 11.4 Å². The van der Waals surface area contributed by atoms with Gasteiger partial charge in [0.05, 0.1) is 4.91 Å². The zero-order valence-corrected chi connectivity index (χ0v) is 19.8. The molecule has 1 saturated carbocycles. The summed E-state index contributed by atoms with van der Waals surface area (Å²) in [6.45, 7) is 0.166. The number of thiocarbonyl (C=S) groups is 1. The fourth-order valence-electron chi connectivity index (χ4n) is 4.93. The summed E-state index contributed by atoms with van der Waals surface area (Å²) in [6, 6.07) is 15.6. The van der Waals surface area contributed by atoms with Gasteiger partial charge >= 0.3 is 0 Å². The standard InChI is InChI=1S/C24H22N2O3S3/c27-14-29-13-25-23(28)22(32-24(25)31)11-16-6-9-21-19(10-16)18-2-1-3-20(18)26(21)17-7-4-15(12-30)5-8-17/h4-11,14,18,20,30H,1-3,12-13H2. The molecule has 2 atom stereocenters. The minimum absolute atomic E-state index is 0.152. The molecule has 0 spiro atoms. The van der Waals surface area contributed by atoms with E-state index in [0.29, 0.717) is 27.7 Å². The number of thioether (sulfide) groups is 1. The molecule has 1 saturated heterocycles. The molecule has 0 aromatic heterocycles. The van der Waals surface area contributed by atoms with Gasteiger partial charge in [0.1, 0.15) is 0 Å². The second-order valence-electron chi connectivity index (χ2n) is 8.12. The minimum atomic E-state index is -0.230. The highest BCUT2D eigenvalue weighted by Gasteiger charge is 2.42. The molecular formula is C24H22N2O3S3. The Hall–Kier alpha value is -2.29. The van der Waals surface area contributed by atoms with Gasteiger partial charge in [-0.15, -0.1) is 0 Å². The lowest BCUT2D eigenvalue weighted by atomic mass is 9.96. The first-order valence-electron chi connectivity index (χ1n) is 10.5. The van der Waals surface area contributed by atoms with Gasteiger partial charge in [-0.2, -0.15) is 12.6 Å². The van der Waals surface area contributed by atoms with Crippen LogP contribution in [0.2, 0.25) is 0 Å². The van der Waals surface area contributed by atoms with Gasteiger partial charge in [-0.3, -0.25) is 14.5 Å². The molecule has 2 aromatic carbocycles. The van der Waals surface area contributed by atoms with Crippen molar-refractivity contribution in [3.8, 4) is 0 Å². The highest BCUT2D eigenvalue weighted by molar-refractivity contribution is 8.26. The molecule has 3 aliphatic rings. The highest BCUT2D eigenvalue weighted by Crippen LogP contribution is 2.52. The average Bonchev–Trinajstić information content (AvgIpc) is 3.46. The SMILES string of the molecule is O=COCN1C(=O)C(=Cc2ccc3c(c2)C2CCCC2N3c2ccc(CS)cc2)SC1=S. The van der Waals surface area contributed by atoms with Crippen molar-refractivity contribution in [3.63, 3.8) is 0 Å². The van der Waals surface area contributed by atoms with Gasteiger partial charge < -0.3 is 9.64 Å². The zero-order chi connectivity index (χ0) is 22.2. The quantitative estimate of drug-likeness (QED) is 0.263. The fourth-order valence-corrected chi connectivity index (χ4v) is 6.37. The first-order chi connectivity index (χ1) is 15.6. The number of nitrogens with zero attached hydrogens (tertiary/aromatic N) is 2. The van der Waals surface area contributed by atoms with Crippen LogP contribution in [0.1, 0.15) is 41.9 Å². The molecule has 8 heteroatoms. The van der Waals surface area contributed by atoms with E-state index in [1.54, 1.807) is 0 Å². The third-order valence-electron chi connectivity index (χ3n) is 6.36. The Kier molecular flexibility index (Phi) is 6.01. The average molecular weight is 483 g/mol. The predicted octanol–water partition coefficient (Wildman–Crippen LogP) is 5.24. The van der Waals surface area contributed by atoms with Crippen molar-refractivity contribution in [3.05, 3.63) is 64.1 Å². The van der Waals surface area contributed by atoms with Crippen molar-refractivity contribution in [1.29, 1.82) is 0 Å². The van der Waals surface area contributed by atoms with E-state index in [2.05, 4.69) is 60.0 Å². The van der Waals surface area contributed by atoms with Gasteiger partial charge in [0.25, 0.3) is 12.4 Å². The summed E-state index contributed by atoms with van der Waals surface area (Å²) in [5.41, 5.74) is 6.01. The molecule has 0 radical (unpaired) electrons. The summed E-state index contributed by atoms with van der Waals surface area (Å²) >= 11 is 10.9. The van der Waals surface area contributed by atoms with Crippen LogP contribution < -0.4 is 4.90 Å². The van der Waals surface area contributed by atoms with Crippen LogP contribution in [0.25, 0.3) is 6.08 Å². The molecule has 5 rings (SSSR count). The largest absolute Gasteiger partial charge is 0.446 e. The van der Waals surface area contributed by atoms with Crippen LogP contribution >= 0.6 is 36.6 Å². The molecule has 0 N–H and O–H groups in total. The number of thiol groups is 1. The number of ether oxygens (including phenoxy) is 1. The van der Waals surface area contributed by atoms with E-state index in [4.69, 9.17) is 17.0 Å². The van der Waals surface area contributed by atoms with Crippen LogP contribution in [-0.2, 0) is 20.1 Å². The topological polar surface area (TPSA) is 49.9 Å². The van der Waals surface area contributed by atoms with Gasteiger partial charge in [-0.1, -0.05) is 48.6 Å². The molecule has 2 aromatic rings. The summed E-state index contributed by atoms with van der Waals surface area (Å²) in [6.07, 6.45) is 5.46. The molecule has 2 aliphatic heterocycles. The number of carbonyl (C=O) groups is 2. The Labute approximate surface area is 202 Å². The third kappa shape index (κ3) is 3.74. The van der Waals surface area contributed by atoms with Crippen LogP contribution in [0.5, 0.6) is 0 Å². The zero-order valence-electron chi connectivity index (χ0n) is 17.3. The Morgan fingerprint density at radius 2 is 2.00 bits per heavy atom. The molecule has 0 bridgehead atoms. The van der Waals surface area contributed by atoms with Crippen LogP contribution in [-0.4, -0.2) is 34.4 Å². The third-order valence-corrected chi connectivity index (χ3v) is 8.10. The van der Waals surface area contributed by atoms with Gasteiger partial charge in [0, 0.05) is 29.1 Å². The molecule has 32 heavy (non-hydrogen) atoms. The second kappa shape index (κ2) is 8.92. The number of hydrogen-bond donors (Lipinski definition) is 1. The Morgan fingerprint density at radius 3 is 2.75 bits per heavy atom. The molecule has 2 unspecified atom stereocenters. The van der Waals surface area contributed by atoms with Gasteiger partial charge in [-0.05, 0) is 59.9 Å². The lowest BCUT2D eigenvalue weighted by molar-refractivity contribution is -0.135. The summed E-state index contributed by atoms with van der Waals surface area (Å²) in [7, 11) is 0. The fraction of sp³-hybridized carbons (Fsp3) is 0.292. The number of benzene rings is 2. The molecule has 5 nitrogen and oxygen atoms in total. The predicted molar refractivity (Wildman–Crippen MR) is 135 cm³/mol. The van der Waals surface area contributed by atoms with E-state index in [-0.39, 0.29) is 12.6 Å². The Bertz CT molecular complexity index is 1120. The summed E-state index contributed by atoms with van der Waals surface area (Å²) in [5, 5.41) is 0. The maximum atomic E-state index is 12.7. The molecule has 1 amide bonds. The van der Waals surface area contributed by atoms with Gasteiger partial charge in [0.15, 0.2) is 11.1 Å². The van der Waals surface area contributed by atoms with Gasteiger partial charge in [0.2, 0.25) is 0 Å². The normalized spacial score (nSPS) is 23.1. The lowest BCUT2D eigenvalue weighted by Crippen LogP contribution is -2.30. The van der Waals surface area contributed by atoms with Crippen LogP contribution in [0.3, 0.4) is 0 Å². The summed E-state index contributed by atoms with van der Waals surface area (Å²) < 4.78 is 5.12. The molecule has 2 fully saturated rings. The number of fused-ring (bicyclic) bond motifs is 3. The van der Waals surface area contributed by atoms with E-state index in [1.807, 2.05) is 6.08 Å².